The zero-order chi connectivity index (χ0) is 19.0. The van der Waals surface area contributed by atoms with Gasteiger partial charge in [0, 0.05) is 11.4 Å². The lowest BCUT2D eigenvalue weighted by molar-refractivity contribution is 1.05. The van der Waals surface area contributed by atoms with Crippen molar-refractivity contribution in [1.29, 1.82) is 0 Å². The summed E-state index contributed by atoms with van der Waals surface area (Å²) in [4.78, 5) is 23.8. The Bertz CT molecular complexity index is 946. The summed E-state index contributed by atoms with van der Waals surface area (Å²) in [5.74, 6) is 1.04. The Morgan fingerprint density at radius 1 is 0.500 bits per heavy atom. The number of hydrogen-bond donors (Lipinski definition) is 2. The van der Waals surface area contributed by atoms with Gasteiger partial charge in [-0.2, -0.15) is 0 Å². The van der Waals surface area contributed by atoms with Crippen LogP contribution in [0.25, 0.3) is 12.2 Å². The van der Waals surface area contributed by atoms with Gasteiger partial charge in [-0.25, -0.2) is 29.9 Å². The fraction of sp³-hybridized carbons (Fsp3) is 0. The van der Waals surface area contributed by atoms with Gasteiger partial charge in [0.2, 0.25) is 11.9 Å². The molecule has 0 fully saturated rings. The molecular formula is C20H16N8. The average Bonchev–Trinajstić information content (AvgIpc) is 2.76. The maximum Gasteiger partial charge on any atom is 0.230 e. The van der Waals surface area contributed by atoms with Gasteiger partial charge < -0.3 is 10.6 Å². The highest BCUT2D eigenvalue weighted by Crippen LogP contribution is 2.17. The van der Waals surface area contributed by atoms with Crippen LogP contribution in [-0.2, 0) is 0 Å². The molecule has 0 aliphatic heterocycles. The van der Waals surface area contributed by atoms with Crippen molar-refractivity contribution in [2.45, 2.75) is 0 Å². The maximum atomic E-state index is 4.04. The molecule has 2 aromatic carbocycles. The van der Waals surface area contributed by atoms with Gasteiger partial charge in [-0.05, 0) is 35.4 Å². The van der Waals surface area contributed by atoms with Crippen molar-refractivity contribution < 1.29 is 0 Å². The normalized spacial score (nSPS) is 10.7. The number of nitrogens with zero attached hydrogens (tertiary/aromatic N) is 6. The largest absolute Gasteiger partial charge is 0.324 e. The van der Waals surface area contributed by atoms with E-state index in [1.807, 2.05) is 48.5 Å². The number of nitrogens with one attached hydrogen (secondary N) is 2. The Kier molecular flexibility index (Phi) is 5.20. The minimum Gasteiger partial charge on any atom is -0.324 e. The Hall–Kier alpha value is -4.20. The number of rotatable bonds is 6. The molecule has 2 heterocycles. The molecule has 0 aliphatic carbocycles. The first-order valence-corrected chi connectivity index (χ1v) is 8.51. The summed E-state index contributed by atoms with van der Waals surface area (Å²) in [6.07, 6.45) is 9.94. The third kappa shape index (κ3) is 4.70. The molecule has 0 saturated heterocycles. The minimum absolute atomic E-state index is 0.518. The number of aromatic nitrogens is 6. The van der Waals surface area contributed by atoms with Gasteiger partial charge in [0.1, 0.15) is 25.3 Å². The van der Waals surface area contributed by atoms with E-state index in [9.17, 15) is 0 Å². The Morgan fingerprint density at radius 3 is 1.21 bits per heavy atom. The van der Waals surface area contributed by atoms with E-state index in [0.29, 0.717) is 11.9 Å². The molecule has 0 atom stereocenters. The first kappa shape index (κ1) is 17.2. The molecule has 0 saturated carbocycles. The van der Waals surface area contributed by atoms with E-state index in [1.54, 1.807) is 0 Å². The van der Waals surface area contributed by atoms with E-state index >= 15 is 0 Å². The number of anilines is 4. The molecule has 0 amide bonds. The molecule has 4 rings (SSSR count). The smallest absolute Gasteiger partial charge is 0.230 e. The quantitative estimate of drug-likeness (QED) is 0.497. The summed E-state index contributed by atoms with van der Waals surface area (Å²) in [7, 11) is 0. The summed E-state index contributed by atoms with van der Waals surface area (Å²) in [5.41, 5.74) is 4.01. The molecule has 8 nitrogen and oxygen atoms in total. The summed E-state index contributed by atoms with van der Waals surface area (Å²) in [5, 5.41) is 6.25. The third-order valence-electron chi connectivity index (χ3n) is 3.79. The molecule has 0 aliphatic rings. The van der Waals surface area contributed by atoms with Crippen LogP contribution in [-0.4, -0.2) is 29.9 Å². The first-order chi connectivity index (χ1) is 13.8. The lowest BCUT2D eigenvalue weighted by Gasteiger charge is -2.04. The van der Waals surface area contributed by atoms with Crippen LogP contribution in [0.1, 0.15) is 11.1 Å². The molecule has 0 spiro atoms. The zero-order valence-electron chi connectivity index (χ0n) is 14.8. The highest BCUT2D eigenvalue weighted by atomic mass is 15.1. The molecule has 2 N–H and O–H groups in total. The van der Waals surface area contributed by atoms with E-state index in [0.717, 1.165) is 22.5 Å². The summed E-state index contributed by atoms with van der Waals surface area (Å²) in [6.45, 7) is 0. The summed E-state index contributed by atoms with van der Waals surface area (Å²) >= 11 is 0. The zero-order valence-corrected chi connectivity index (χ0v) is 14.8. The van der Waals surface area contributed by atoms with Gasteiger partial charge in [-0.1, -0.05) is 36.4 Å². The fourth-order valence-electron chi connectivity index (χ4n) is 2.41. The van der Waals surface area contributed by atoms with Crippen molar-refractivity contribution in [3.05, 3.63) is 85.0 Å². The predicted molar refractivity (Wildman–Crippen MR) is 108 cm³/mol. The van der Waals surface area contributed by atoms with Crippen molar-refractivity contribution >= 4 is 35.4 Å². The Labute approximate surface area is 161 Å². The van der Waals surface area contributed by atoms with Gasteiger partial charge in [0.25, 0.3) is 0 Å². The van der Waals surface area contributed by atoms with Gasteiger partial charge in [0.05, 0.1) is 0 Å². The lowest BCUT2D eigenvalue weighted by Crippen LogP contribution is -1.96. The number of hydrogen-bond acceptors (Lipinski definition) is 8. The highest BCUT2D eigenvalue weighted by molar-refractivity contribution is 5.71. The summed E-state index contributed by atoms with van der Waals surface area (Å²) < 4.78 is 0. The molecule has 0 bridgehead atoms. The van der Waals surface area contributed by atoms with Crippen molar-refractivity contribution in [2.75, 3.05) is 10.6 Å². The third-order valence-corrected chi connectivity index (χ3v) is 3.79. The summed E-state index contributed by atoms with van der Waals surface area (Å²) in [6, 6.07) is 16.0. The van der Waals surface area contributed by atoms with Crippen LogP contribution in [0.15, 0.2) is 73.8 Å². The maximum absolute atomic E-state index is 4.04. The molecule has 28 heavy (non-hydrogen) atoms. The van der Waals surface area contributed by atoms with Gasteiger partial charge in [0.15, 0.2) is 0 Å². The van der Waals surface area contributed by atoms with E-state index in [2.05, 4.69) is 52.7 Å². The van der Waals surface area contributed by atoms with Crippen LogP contribution in [0.3, 0.4) is 0 Å². The second-order valence-corrected chi connectivity index (χ2v) is 5.75. The molecule has 2 aromatic heterocycles. The van der Waals surface area contributed by atoms with Gasteiger partial charge in [-0.3, -0.25) is 0 Å². The van der Waals surface area contributed by atoms with Crippen LogP contribution < -0.4 is 10.6 Å². The fourth-order valence-corrected chi connectivity index (χ4v) is 2.41. The Morgan fingerprint density at radius 2 is 0.857 bits per heavy atom. The van der Waals surface area contributed by atoms with E-state index < -0.39 is 0 Å². The van der Waals surface area contributed by atoms with Crippen molar-refractivity contribution in [1.82, 2.24) is 29.9 Å². The predicted octanol–water partition coefficient (Wildman–Crippen LogP) is 3.71. The van der Waals surface area contributed by atoms with Crippen LogP contribution >= 0.6 is 0 Å². The second-order valence-electron chi connectivity index (χ2n) is 5.75. The SMILES string of the molecule is C(=C\c1ccc(Nc2ncncn2)cc1)/c1ccc(Nc2ncncn2)cc1. The van der Waals surface area contributed by atoms with Crippen LogP contribution in [0, 0.1) is 0 Å². The van der Waals surface area contributed by atoms with Crippen molar-refractivity contribution in [3.63, 3.8) is 0 Å². The lowest BCUT2D eigenvalue weighted by atomic mass is 10.1. The number of benzene rings is 2. The van der Waals surface area contributed by atoms with E-state index in [1.165, 1.54) is 25.3 Å². The monoisotopic (exact) mass is 368 g/mol. The molecular weight excluding hydrogens is 352 g/mol. The van der Waals surface area contributed by atoms with Crippen molar-refractivity contribution in [2.24, 2.45) is 0 Å². The van der Waals surface area contributed by atoms with Crippen LogP contribution in [0.2, 0.25) is 0 Å². The van der Waals surface area contributed by atoms with E-state index in [-0.39, 0.29) is 0 Å². The van der Waals surface area contributed by atoms with Crippen LogP contribution in [0.4, 0.5) is 23.3 Å². The topological polar surface area (TPSA) is 101 Å². The molecule has 136 valence electrons. The molecule has 0 unspecified atom stereocenters. The van der Waals surface area contributed by atoms with Crippen LogP contribution in [0.5, 0.6) is 0 Å². The average molecular weight is 368 g/mol. The minimum atomic E-state index is 0.518. The molecule has 0 radical (unpaired) electrons. The van der Waals surface area contributed by atoms with Gasteiger partial charge in [-0.15, -0.1) is 0 Å². The molecule has 8 heteroatoms. The first-order valence-electron chi connectivity index (χ1n) is 8.51. The van der Waals surface area contributed by atoms with E-state index in [4.69, 9.17) is 0 Å². The van der Waals surface area contributed by atoms with Gasteiger partial charge >= 0.3 is 0 Å². The Balaban J connectivity index is 1.37. The second kappa shape index (κ2) is 8.45. The standard InChI is InChI=1S/C20H16N8/c1(15-3-7-17(8-4-15)27-19-23-11-21-12-24-19)2-16-5-9-18(10-6-16)28-20-25-13-22-14-26-20/h1-14H,(H,21,23,24,27)(H,22,25,26,28)/b2-1+. The molecule has 4 aromatic rings. The van der Waals surface area contributed by atoms with Crippen molar-refractivity contribution in [3.8, 4) is 0 Å². The highest BCUT2D eigenvalue weighted by Gasteiger charge is 1.98.